The Kier molecular flexibility index (Phi) is 3.72. The summed E-state index contributed by atoms with van der Waals surface area (Å²) < 4.78 is 5.40. The zero-order valence-corrected chi connectivity index (χ0v) is 10.6. The molecule has 1 saturated heterocycles. The lowest BCUT2D eigenvalue weighted by molar-refractivity contribution is 0.183. The summed E-state index contributed by atoms with van der Waals surface area (Å²) in [6, 6.07) is 6.46. The fourth-order valence-electron chi connectivity index (χ4n) is 2.06. The van der Waals surface area contributed by atoms with E-state index in [1.54, 1.807) is 0 Å². The first-order chi connectivity index (χ1) is 7.66. The maximum atomic E-state index is 6.15. The van der Waals surface area contributed by atoms with Crippen LogP contribution in [0.1, 0.15) is 18.9 Å². The molecule has 1 heterocycles. The molecule has 2 unspecified atom stereocenters. The molecule has 0 aliphatic carbocycles. The summed E-state index contributed by atoms with van der Waals surface area (Å²) in [4.78, 5) is 0. The van der Waals surface area contributed by atoms with E-state index in [2.05, 4.69) is 25.2 Å². The lowest BCUT2D eigenvalue weighted by Crippen LogP contribution is -2.26. The van der Waals surface area contributed by atoms with Gasteiger partial charge < -0.3 is 10.1 Å². The Morgan fingerprint density at radius 2 is 2.31 bits per heavy atom. The Balaban J connectivity index is 2.04. The van der Waals surface area contributed by atoms with E-state index in [1.165, 1.54) is 5.56 Å². The van der Waals surface area contributed by atoms with Crippen molar-refractivity contribution in [2.45, 2.75) is 26.3 Å². The Labute approximate surface area is 102 Å². The molecule has 3 heteroatoms. The molecule has 0 spiro atoms. The van der Waals surface area contributed by atoms with E-state index in [9.17, 15) is 0 Å². The number of aryl methyl sites for hydroxylation is 1. The summed E-state index contributed by atoms with van der Waals surface area (Å²) in [5, 5.41) is 4.27. The Morgan fingerprint density at radius 1 is 1.50 bits per heavy atom. The molecule has 88 valence electrons. The van der Waals surface area contributed by atoms with Crippen LogP contribution in [0.5, 0.6) is 0 Å². The number of ether oxygens (including phenoxy) is 1. The molecule has 2 atom stereocenters. The minimum atomic E-state index is 0.404. The van der Waals surface area contributed by atoms with E-state index in [0.717, 1.165) is 30.3 Å². The molecular weight excluding hydrogens is 222 g/mol. The molecule has 1 fully saturated rings. The van der Waals surface area contributed by atoms with Gasteiger partial charge in [0.25, 0.3) is 0 Å². The van der Waals surface area contributed by atoms with E-state index in [0.29, 0.717) is 12.0 Å². The fourth-order valence-corrected chi connectivity index (χ4v) is 2.23. The predicted octanol–water partition coefficient (Wildman–Crippen LogP) is 3.49. The Bertz CT molecular complexity index is 361. The molecule has 1 N–H and O–H groups in total. The minimum absolute atomic E-state index is 0.404. The molecular formula is C13H18ClNO. The standard InChI is InChI=1S/C13H18ClNO/c1-9-3-4-12(14)13(7-9)15-10(2)11-5-6-16-8-11/h3-4,7,10-11,15H,5-6,8H2,1-2H3. The van der Waals surface area contributed by atoms with Crippen molar-refractivity contribution in [2.75, 3.05) is 18.5 Å². The fraction of sp³-hybridized carbons (Fsp3) is 0.538. The molecule has 0 aromatic heterocycles. The highest BCUT2D eigenvalue weighted by molar-refractivity contribution is 6.33. The molecule has 2 rings (SSSR count). The summed E-state index contributed by atoms with van der Waals surface area (Å²) >= 11 is 6.15. The van der Waals surface area contributed by atoms with Crippen LogP contribution in [0.3, 0.4) is 0 Å². The second kappa shape index (κ2) is 5.07. The first-order valence-electron chi connectivity index (χ1n) is 5.77. The maximum absolute atomic E-state index is 6.15. The molecule has 0 amide bonds. The Morgan fingerprint density at radius 3 is 3.00 bits per heavy atom. The van der Waals surface area contributed by atoms with Gasteiger partial charge in [0.15, 0.2) is 0 Å². The van der Waals surface area contributed by atoms with Crippen molar-refractivity contribution in [3.8, 4) is 0 Å². The average molecular weight is 240 g/mol. The highest BCUT2D eigenvalue weighted by Gasteiger charge is 2.22. The van der Waals surface area contributed by atoms with Gasteiger partial charge in [0.1, 0.15) is 0 Å². The van der Waals surface area contributed by atoms with Crippen LogP contribution in [-0.2, 0) is 4.74 Å². The highest BCUT2D eigenvalue weighted by atomic mass is 35.5. The van der Waals surface area contributed by atoms with Gasteiger partial charge in [0.2, 0.25) is 0 Å². The third-order valence-electron chi connectivity index (χ3n) is 3.18. The molecule has 1 aliphatic rings. The number of benzene rings is 1. The molecule has 0 saturated carbocycles. The molecule has 1 aromatic carbocycles. The van der Waals surface area contributed by atoms with Crippen LogP contribution in [0.4, 0.5) is 5.69 Å². The van der Waals surface area contributed by atoms with E-state index in [-0.39, 0.29) is 0 Å². The molecule has 16 heavy (non-hydrogen) atoms. The minimum Gasteiger partial charge on any atom is -0.381 e. The van der Waals surface area contributed by atoms with Crippen molar-refractivity contribution in [1.82, 2.24) is 0 Å². The van der Waals surface area contributed by atoms with Crippen molar-refractivity contribution in [1.29, 1.82) is 0 Å². The van der Waals surface area contributed by atoms with Gasteiger partial charge in [-0.15, -0.1) is 0 Å². The largest absolute Gasteiger partial charge is 0.381 e. The van der Waals surface area contributed by atoms with Crippen LogP contribution in [-0.4, -0.2) is 19.3 Å². The third kappa shape index (κ3) is 2.69. The van der Waals surface area contributed by atoms with Crippen molar-refractivity contribution < 1.29 is 4.74 Å². The predicted molar refractivity (Wildman–Crippen MR) is 68.2 cm³/mol. The van der Waals surface area contributed by atoms with Crippen LogP contribution < -0.4 is 5.32 Å². The highest BCUT2D eigenvalue weighted by Crippen LogP contribution is 2.26. The van der Waals surface area contributed by atoms with Gasteiger partial charge in [0, 0.05) is 18.6 Å². The third-order valence-corrected chi connectivity index (χ3v) is 3.51. The van der Waals surface area contributed by atoms with Gasteiger partial charge in [-0.05, 0) is 38.0 Å². The molecule has 1 aliphatic heterocycles. The normalized spacial score (nSPS) is 22.1. The summed E-state index contributed by atoms with van der Waals surface area (Å²) in [5.41, 5.74) is 2.25. The monoisotopic (exact) mass is 239 g/mol. The SMILES string of the molecule is Cc1ccc(Cl)c(NC(C)C2CCOC2)c1. The molecule has 0 bridgehead atoms. The number of rotatable bonds is 3. The van der Waals surface area contributed by atoms with Gasteiger partial charge in [-0.3, -0.25) is 0 Å². The first-order valence-corrected chi connectivity index (χ1v) is 6.15. The van der Waals surface area contributed by atoms with E-state index in [4.69, 9.17) is 16.3 Å². The van der Waals surface area contributed by atoms with E-state index >= 15 is 0 Å². The summed E-state index contributed by atoms with van der Waals surface area (Å²) in [6.07, 6.45) is 1.14. The number of anilines is 1. The van der Waals surface area contributed by atoms with E-state index in [1.807, 2.05) is 12.1 Å². The lowest BCUT2D eigenvalue weighted by atomic mass is 10.0. The van der Waals surface area contributed by atoms with E-state index < -0.39 is 0 Å². The zero-order valence-electron chi connectivity index (χ0n) is 9.79. The van der Waals surface area contributed by atoms with Crippen molar-refractivity contribution in [2.24, 2.45) is 5.92 Å². The number of hydrogen-bond donors (Lipinski definition) is 1. The van der Waals surface area contributed by atoms with Crippen LogP contribution in [0.15, 0.2) is 18.2 Å². The number of hydrogen-bond acceptors (Lipinski definition) is 2. The zero-order chi connectivity index (χ0) is 11.5. The van der Waals surface area contributed by atoms with Crippen LogP contribution in [0, 0.1) is 12.8 Å². The summed E-state index contributed by atoms with van der Waals surface area (Å²) in [7, 11) is 0. The first kappa shape index (κ1) is 11.7. The van der Waals surface area contributed by atoms with Gasteiger partial charge in [0.05, 0.1) is 17.3 Å². The van der Waals surface area contributed by atoms with Gasteiger partial charge in [-0.25, -0.2) is 0 Å². The lowest BCUT2D eigenvalue weighted by Gasteiger charge is -2.21. The Hall–Kier alpha value is -0.730. The summed E-state index contributed by atoms with van der Waals surface area (Å²) in [5.74, 6) is 0.594. The maximum Gasteiger partial charge on any atom is 0.0637 e. The van der Waals surface area contributed by atoms with Crippen molar-refractivity contribution in [3.05, 3.63) is 28.8 Å². The van der Waals surface area contributed by atoms with Crippen LogP contribution in [0.25, 0.3) is 0 Å². The van der Waals surface area contributed by atoms with Crippen LogP contribution in [0.2, 0.25) is 5.02 Å². The second-order valence-electron chi connectivity index (χ2n) is 4.54. The molecule has 2 nitrogen and oxygen atoms in total. The second-order valence-corrected chi connectivity index (χ2v) is 4.95. The number of nitrogens with one attached hydrogen (secondary N) is 1. The topological polar surface area (TPSA) is 21.3 Å². The smallest absolute Gasteiger partial charge is 0.0637 e. The van der Waals surface area contributed by atoms with Gasteiger partial charge in [-0.1, -0.05) is 17.7 Å². The van der Waals surface area contributed by atoms with Crippen LogP contribution >= 0.6 is 11.6 Å². The molecule has 0 radical (unpaired) electrons. The summed E-state index contributed by atoms with van der Waals surface area (Å²) in [6.45, 7) is 6.01. The van der Waals surface area contributed by atoms with Gasteiger partial charge >= 0.3 is 0 Å². The average Bonchev–Trinajstić information content (AvgIpc) is 2.76. The number of halogens is 1. The van der Waals surface area contributed by atoms with Crippen molar-refractivity contribution >= 4 is 17.3 Å². The molecule has 1 aromatic rings. The van der Waals surface area contributed by atoms with Gasteiger partial charge in [-0.2, -0.15) is 0 Å². The van der Waals surface area contributed by atoms with Crippen molar-refractivity contribution in [3.63, 3.8) is 0 Å². The quantitative estimate of drug-likeness (QED) is 0.872.